The van der Waals surface area contributed by atoms with Gasteiger partial charge >= 0.3 is 0 Å². The fraction of sp³-hybridized carbons (Fsp3) is 0.381. The molecule has 0 bridgehead atoms. The van der Waals surface area contributed by atoms with E-state index in [0.717, 1.165) is 23.9 Å². The molecule has 1 saturated heterocycles. The number of hydrogen-bond donors (Lipinski definition) is 1. The number of sulfonamides is 1. The van der Waals surface area contributed by atoms with Crippen molar-refractivity contribution < 1.29 is 17.9 Å². The molecule has 0 saturated carbocycles. The summed E-state index contributed by atoms with van der Waals surface area (Å²) >= 11 is 3.26. The molecular formula is C21H26BrN3O4S. The van der Waals surface area contributed by atoms with Gasteiger partial charge in [0.05, 0.1) is 17.6 Å². The number of carbonyl (C=O) groups excluding carboxylic acids is 1. The van der Waals surface area contributed by atoms with Gasteiger partial charge in [0.15, 0.2) is 0 Å². The van der Waals surface area contributed by atoms with E-state index in [4.69, 9.17) is 4.74 Å². The maximum absolute atomic E-state index is 12.6. The van der Waals surface area contributed by atoms with Crippen LogP contribution in [-0.2, 0) is 21.3 Å². The summed E-state index contributed by atoms with van der Waals surface area (Å²) in [5, 5.41) is 2.87. The van der Waals surface area contributed by atoms with E-state index in [1.165, 1.54) is 25.7 Å². The Bertz CT molecular complexity index is 983. The van der Waals surface area contributed by atoms with Crippen LogP contribution in [0.25, 0.3) is 0 Å². The number of rotatable bonds is 7. The Labute approximate surface area is 186 Å². The zero-order chi connectivity index (χ0) is 21.7. The predicted molar refractivity (Wildman–Crippen MR) is 119 cm³/mol. The summed E-state index contributed by atoms with van der Waals surface area (Å²) < 4.78 is 32.2. The van der Waals surface area contributed by atoms with Gasteiger partial charge in [0.2, 0.25) is 10.0 Å². The lowest BCUT2D eigenvalue weighted by molar-refractivity contribution is -0.0292. The number of ether oxygens (including phenoxy) is 1. The highest BCUT2D eigenvalue weighted by atomic mass is 79.9. The molecule has 162 valence electrons. The Balaban J connectivity index is 1.60. The van der Waals surface area contributed by atoms with E-state index in [9.17, 15) is 13.2 Å². The quantitative estimate of drug-likeness (QED) is 0.637. The van der Waals surface area contributed by atoms with Crippen molar-refractivity contribution in [3.05, 3.63) is 64.1 Å². The van der Waals surface area contributed by atoms with Crippen molar-refractivity contribution in [2.45, 2.75) is 17.5 Å². The van der Waals surface area contributed by atoms with Crippen LogP contribution in [0.1, 0.15) is 15.9 Å². The molecule has 1 aliphatic rings. The minimum Gasteiger partial charge on any atom is -0.374 e. The summed E-state index contributed by atoms with van der Waals surface area (Å²) in [5.74, 6) is -0.332. The minimum atomic E-state index is -3.66. The van der Waals surface area contributed by atoms with Crippen LogP contribution in [0.4, 0.5) is 0 Å². The maximum Gasteiger partial charge on any atom is 0.251 e. The normalized spacial score (nSPS) is 17.8. The van der Waals surface area contributed by atoms with Crippen LogP contribution < -0.4 is 5.32 Å². The van der Waals surface area contributed by atoms with E-state index >= 15 is 0 Å². The van der Waals surface area contributed by atoms with E-state index in [0.29, 0.717) is 17.6 Å². The average molecular weight is 496 g/mol. The number of morpholine rings is 1. The molecule has 0 aromatic heterocycles. The Kier molecular flexibility index (Phi) is 7.65. The second kappa shape index (κ2) is 10.0. The van der Waals surface area contributed by atoms with Gasteiger partial charge in [-0.15, -0.1) is 0 Å². The summed E-state index contributed by atoms with van der Waals surface area (Å²) in [5.41, 5.74) is 1.53. The summed E-state index contributed by atoms with van der Waals surface area (Å²) in [6, 6.07) is 14.8. The molecular weight excluding hydrogens is 470 g/mol. The third-order valence-corrected chi connectivity index (χ3v) is 7.72. The van der Waals surface area contributed by atoms with Crippen LogP contribution in [0.5, 0.6) is 0 Å². The lowest BCUT2D eigenvalue weighted by Gasteiger charge is -2.33. The third kappa shape index (κ3) is 5.67. The van der Waals surface area contributed by atoms with Gasteiger partial charge in [0, 0.05) is 50.3 Å². The van der Waals surface area contributed by atoms with Crippen molar-refractivity contribution in [2.75, 3.05) is 40.3 Å². The van der Waals surface area contributed by atoms with Crippen molar-refractivity contribution in [2.24, 2.45) is 0 Å². The van der Waals surface area contributed by atoms with Crippen molar-refractivity contribution in [3.63, 3.8) is 0 Å². The Hall–Kier alpha value is -1.78. The Morgan fingerprint density at radius 3 is 2.67 bits per heavy atom. The first-order valence-corrected chi connectivity index (χ1v) is 11.9. The first-order chi connectivity index (χ1) is 14.3. The lowest BCUT2D eigenvalue weighted by Crippen LogP contribution is -2.47. The minimum absolute atomic E-state index is 0.0584. The fourth-order valence-electron chi connectivity index (χ4n) is 3.24. The molecule has 1 heterocycles. The monoisotopic (exact) mass is 495 g/mol. The number of benzene rings is 2. The molecule has 2 aromatic rings. The average Bonchev–Trinajstić information content (AvgIpc) is 2.73. The Morgan fingerprint density at radius 2 is 1.97 bits per heavy atom. The second-order valence-electron chi connectivity index (χ2n) is 7.36. The number of carbonyl (C=O) groups is 1. The highest BCUT2D eigenvalue weighted by Gasteiger charge is 2.24. The Morgan fingerprint density at radius 1 is 1.23 bits per heavy atom. The van der Waals surface area contributed by atoms with Gasteiger partial charge in [-0.1, -0.05) is 30.3 Å². The number of hydrogen-bond acceptors (Lipinski definition) is 5. The number of amides is 1. The van der Waals surface area contributed by atoms with Crippen LogP contribution in [-0.4, -0.2) is 70.0 Å². The van der Waals surface area contributed by atoms with Gasteiger partial charge in [-0.2, -0.15) is 0 Å². The molecule has 1 aliphatic heterocycles. The first-order valence-electron chi connectivity index (χ1n) is 9.65. The molecule has 0 radical (unpaired) electrons. The topological polar surface area (TPSA) is 79.0 Å². The lowest BCUT2D eigenvalue weighted by atomic mass is 10.2. The van der Waals surface area contributed by atoms with Gasteiger partial charge in [-0.05, 0) is 39.7 Å². The van der Waals surface area contributed by atoms with E-state index in [2.05, 4.69) is 38.3 Å². The zero-order valence-corrected chi connectivity index (χ0v) is 19.4. The van der Waals surface area contributed by atoms with Crippen molar-refractivity contribution in [3.8, 4) is 0 Å². The molecule has 1 unspecified atom stereocenters. The van der Waals surface area contributed by atoms with E-state index in [1.54, 1.807) is 12.1 Å². The molecule has 7 nitrogen and oxygen atoms in total. The van der Waals surface area contributed by atoms with Crippen LogP contribution >= 0.6 is 15.9 Å². The van der Waals surface area contributed by atoms with Crippen molar-refractivity contribution >= 4 is 31.9 Å². The molecule has 9 heteroatoms. The molecule has 3 rings (SSSR count). The molecule has 0 aliphatic carbocycles. The second-order valence-corrected chi connectivity index (χ2v) is 10.3. The van der Waals surface area contributed by atoms with E-state index in [1.807, 2.05) is 18.2 Å². The highest BCUT2D eigenvalue weighted by molar-refractivity contribution is 9.10. The molecule has 30 heavy (non-hydrogen) atoms. The first kappa shape index (κ1) is 22.9. The van der Waals surface area contributed by atoms with Crippen LogP contribution in [0.3, 0.4) is 0 Å². The number of halogens is 1. The molecule has 1 atom stereocenters. The smallest absolute Gasteiger partial charge is 0.251 e. The van der Waals surface area contributed by atoms with Crippen LogP contribution in [0.2, 0.25) is 0 Å². The van der Waals surface area contributed by atoms with Gasteiger partial charge in [0.25, 0.3) is 5.91 Å². The van der Waals surface area contributed by atoms with Gasteiger partial charge < -0.3 is 10.1 Å². The molecule has 1 N–H and O–H groups in total. The van der Waals surface area contributed by atoms with Gasteiger partial charge in [-0.3, -0.25) is 9.69 Å². The number of nitrogens with one attached hydrogen (secondary N) is 1. The van der Waals surface area contributed by atoms with Gasteiger partial charge in [-0.25, -0.2) is 12.7 Å². The molecule has 1 fully saturated rings. The highest BCUT2D eigenvalue weighted by Crippen LogP contribution is 2.25. The fourth-order valence-corrected chi connectivity index (χ4v) is 5.08. The van der Waals surface area contributed by atoms with E-state index < -0.39 is 10.0 Å². The number of nitrogens with zero attached hydrogens (tertiary/aromatic N) is 2. The van der Waals surface area contributed by atoms with Crippen LogP contribution in [0, 0.1) is 0 Å². The predicted octanol–water partition coefficient (Wildman–Crippen LogP) is 2.33. The summed E-state index contributed by atoms with van der Waals surface area (Å²) in [4.78, 5) is 15.0. The summed E-state index contributed by atoms with van der Waals surface area (Å²) in [7, 11) is -0.752. The summed E-state index contributed by atoms with van der Waals surface area (Å²) in [6.45, 7) is 3.37. The van der Waals surface area contributed by atoms with Crippen molar-refractivity contribution in [1.82, 2.24) is 14.5 Å². The van der Waals surface area contributed by atoms with Crippen molar-refractivity contribution in [1.29, 1.82) is 0 Å². The SMILES string of the molecule is CN(C)S(=O)(=O)c1cc(C(=O)NCC2CN(Cc3ccccc3)CCO2)ccc1Br. The van der Waals surface area contributed by atoms with Gasteiger partial charge in [0.1, 0.15) is 0 Å². The van der Waals surface area contributed by atoms with E-state index in [-0.39, 0.29) is 22.5 Å². The molecule has 0 spiro atoms. The summed E-state index contributed by atoms with van der Waals surface area (Å²) in [6.07, 6.45) is -0.119. The molecule has 2 aromatic carbocycles. The zero-order valence-electron chi connectivity index (χ0n) is 17.0. The van der Waals surface area contributed by atoms with Crippen LogP contribution in [0.15, 0.2) is 57.9 Å². The largest absolute Gasteiger partial charge is 0.374 e. The maximum atomic E-state index is 12.6. The third-order valence-electron chi connectivity index (χ3n) is 4.91. The standard InChI is InChI=1S/C21H26BrN3O4S/c1-24(2)30(27,28)20-12-17(8-9-19(20)22)21(26)23-13-18-15-25(10-11-29-18)14-16-6-4-3-5-7-16/h3-9,12,18H,10-11,13-15H2,1-2H3,(H,23,26). The molecule has 1 amide bonds.